The van der Waals surface area contributed by atoms with E-state index in [0.717, 1.165) is 17.2 Å². The molecule has 26 heavy (non-hydrogen) atoms. The number of aryl methyl sites for hydroxylation is 1. The number of hydrogen-bond donors (Lipinski definition) is 1. The molecule has 0 bridgehead atoms. The second kappa shape index (κ2) is 7.52. The fourth-order valence-corrected chi connectivity index (χ4v) is 3.76. The number of hydrogen-bond acceptors (Lipinski definition) is 7. The number of nitrogens with one attached hydrogen (secondary N) is 1. The molecule has 3 heterocycles. The third kappa shape index (κ3) is 4.09. The number of aromatic nitrogens is 3. The van der Waals surface area contributed by atoms with Gasteiger partial charge in [0, 0.05) is 46.5 Å². The van der Waals surface area contributed by atoms with Crippen LogP contribution >= 0.6 is 0 Å². The lowest BCUT2D eigenvalue weighted by molar-refractivity contribution is 0.354. The van der Waals surface area contributed by atoms with Gasteiger partial charge in [-0.25, -0.2) is 4.98 Å². The van der Waals surface area contributed by atoms with Crippen molar-refractivity contribution in [2.75, 3.05) is 50.5 Å². The molecule has 140 valence electrons. The molecule has 1 fully saturated rings. The van der Waals surface area contributed by atoms with E-state index < -0.39 is 10.2 Å². The molecular weight excluding hydrogens is 354 g/mol. The Balaban J connectivity index is 1.61. The molecule has 3 rings (SSSR count). The van der Waals surface area contributed by atoms with Crippen molar-refractivity contribution in [3.63, 3.8) is 0 Å². The molecule has 1 saturated heterocycles. The number of pyridine rings is 1. The Kier molecular flexibility index (Phi) is 5.35. The van der Waals surface area contributed by atoms with E-state index in [1.807, 2.05) is 36.1 Å². The van der Waals surface area contributed by atoms with E-state index in [4.69, 9.17) is 0 Å². The first-order valence-corrected chi connectivity index (χ1v) is 9.72. The molecule has 0 atom stereocenters. The maximum absolute atomic E-state index is 12.2. The summed E-state index contributed by atoms with van der Waals surface area (Å²) >= 11 is 0. The van der Waals surface area contributed by atoms with Gasteiger partial charge in [-0.15, -0.1) is 10.2 Å². The molecule has 2 aromatic heterocycles. The zero-order chi connectivity index (χ0) is 18.7. The summed E-state index contributed by atoms with van der Waals surface area (Å²) in [6, 6.07) is 7.58. The van der Waals surface area contributed by atoms with Crippen molar-refractivity contribution < 1.29 is 8.42 Å². The highest BCUT2D eigenvalue weighted by Crippen LogP contribution is 2.18. The van der Waals surface area contributed by atoms with Gasteiger partial charge < -0.3 is 10.2 Å². The Morgan fingerprint density at radius 1 is 1.04 bits per heavy atom. The molecule has 0 saturated carbocycles. The van der Waals surface area contributed by atoms with Crippen LogP contribution in [0.5, 0.6) is 0 Å². The van der Waals surface area contributed by atoms with Gasteiger partial charge in [-0.3, -0.25) is 0 Å². The average molecular weight is 377 g/mol. The minimum atomic E-state index is -3.36. The predicted octanol–water partition coefficient (Wildman–Crippen LogP) is 0.852. The monoisotopic (exact) mass is 377 g/mol. The molecule has 0 unspecified atom stereocenters. The predicted molar refractivity (Wildman–Crippen MR) is 101 cm³/mol. The van der Waals surface area contributed by atoms with E-state index in [2.05, 4.69) is 20.5 Å². The van der Waals surface area contributed by atoms with Gasteiger partial charge in [-0.05, 0) is 36.8 Å². The Hall–Kier alpha value is -2.30. The molecule has 1 aliphatic heterocycles. The molecule has 1 N–H and O–H groups in total. The Labute approximate surface area is 153 Å². The standard InChI is InChI=1S/C16H23N7O2S/c1-13-6-7-17-15(12-13)18-14-4-5-16(20-19-14)22-8-10-23(11-9-22)26(24,25)21(2)3/h4-7,12H,8-11H2,1-3H3,(H,17,18,19). The van der Waals surface area contributed by atoms with Gasteiger partial charge >= 0.3 is 0 Å². The fraction of sp³-hybridized carbons (Fsp3) is 0.438. The van der Waals surface area contributed by atoms with Crippen LogP contribution in [0.25, 0.3) is 0 Å². The summed E-state index contributed by atoms with van der Waals surface area (Å²) in [7, 11) is -0.276. The molecule has 2 aromatic rings. The Morgan fingerprint density at radius 3 is 2.35 bits per heavy atom. The summed E-state index contributed by atoms with van der Waals surface area (Å²) in [6.07, 6.45) is 1.74. The van der Waals surface area contributed by atoms with E-state index in [9.17, 15) is 8.42 Å². The lowest BCUT2D eigenvalue weighted by atomic mass is 10.3. The van der Waals surface area contributed by atoms with E-state index in [-0.39, 0.29) is 0 Å². The lowest BCUT2D eigenvalue weighted by Crippen LogP contribution is -2.51. The van der Waals surface area contributed by atoms with Gasteiger partial charge in [0.2, 0.25) is 0 Å². The molecule has 0 aliphatic carbocycles. The van der Waals surface area contributed by atoms with E-state index in [1.165, 1.54) is 8.61 Å². The number of rotatable bonds is 5. The first kappa shape index (κ1) is 18.5. The zero-order valence-corrected chi connectivity index (χ0v) is 15.9. The molecular formula is C16H23N7O2S. The van der Waals surface area contributed by atoms with Crippen LogP contribution in [0.15, 0.2) is 30.5 Å². The minimum Gasteiger partial charge on any atom is -0.352 e. The van der Waals surface area contributed by atoms with Crippen molar-refractivity contribution in [2.45, 2.75) is 6.92 Å². The van der Waals surface area contributed by atoms with Crippen molar-refractivity contribution in [3.05, 3.63) is 36.0 Å². The van der Waals surface area contributed by atoms with Crippen LogP contribution < -0.4 is 10.2 Å². The third-order valence-corrected chi connectivity index (χ3v) is 6.11. The minimum absolute atomic E-state index is 0.426. The topological polar surface area (TPSA) is 94.6 Å². The van der Waals surface area contributed by atoms with Crippen molar-refractivity contribution in [3.8, 4) is 0 Å². The van der Waals surface area contributed by atoms with Crippen LogP contribution in [0.4, 0.5) is 17.5 Å². The maximum Gasteiger partial charge on any atom is 0.281 e. The van der Waals surface area contributed by atoms with Gasteiger partial charge in [0.25, 0.3) is 10.2 Å². The zero-order valence-electron chi connectivity index (χ0n) is 15.1. The van der Waals surface area contributed by atoms with Crippen LogP contribution in [-0.2, 0) is 10.2 Å². The van der Waals surface area contributed by atoms with Crippen LogP contribution in [0.3, 0.4) is 0 Å². The van der Waals surface area contributed by atoms with Crippen LogP contribution in [0.1, 0.15) is 5.56 Å². The summed E-state index contributed by atoms with van der Waals surface area (Å²) < 4.78 is 27.0. The van der Waals surface area contributed by atoms with Crippen molar-refractivity contribution in [2.24, 2.45) is 0 Å². The summed E-state index contributed by atoms with van der Waals surface area (Å²) in [5, 5.41) is 11.6. The van der Waals surface area contributed by atoms with Crippen LogP contribution in [0.2, 0.25) is 0 Å². The van der Waals surface area contributed by atoms with Gasteiger partial charge in [0.1, 0.15) is 5.82 Å². The Morgan fingerprint density at radius 2 is 1.77 bits per heavy atom. The van der Waals surface area contributed by atoms with Gasteiger partial charge in [-0.1, -0.05) is 0 Å². The van der Waals surface area contributed by atoms with Crippen LogP contribution in [0, 0.1) is 6.92 Å². The highest BCUT2D eigenvalue weighted by molar-refractivity contribution is 7.86. The third-order valence-electron chi connectivity index (χ3n) is 4.17. The second-order valence-electron chi connectivity index (χ2n) is 6.30. The SMILES string of the molecule is Cc1ccnc(Nc2ccc(N3CCN(S(=O)(=O)N(C)C)CC3)nn2)c1. The summed E-state index contributed by atoms with van der Waals surface area (Å²) in [5.41, 5.74) is 1.11. The lowest BCUT2D eigenvalue weighted by Gasteiger charge is -2.35. The molecule has 0 aromatic carbocycles. The highest BCUT2D eigenvalue weighted by Gasteiger charge is 2.29. The molecule has 10 heteroatoms. The molecule has 0 radical (unpaired) electrons. The molecule has 9 nitrogen and oxygen atoms in total. The second-order valence-corrected chi connectivity index (χ2v) is 8.44. The van der Waals surface area contributed by atoms with E-state index >= 15 is 0 Å². The van der Waals surface area contributed by atoms with Gasteiger partial charge in [0.15, 0.2) is 11.6 Å². The normalized spacial score (nSPS) is 16.1. The smallest absolute Gasteiger partial charge is 0.281 e. The number of anilines is 3. The van der Waals surface area contributed by atoms with Gasteiger partial charge in [0.05, 0.1) is 0 Å². The number of nitrogens with zero attached hydrogens (tertiary/aromatic N) is 6. The van der Waals surface area contributed by atoms with E-state index in [0.29, 0.717) is 32.0 Å². The quantitative estimate of drug-likeness (QED) is 0.825. The molecule has 1 aliphatic rings. The first-order chi connectivity index (χ1) is 12.4. The molecule has 0 amide bonds. The van der Waals surface area contributed by atoms with Crippen molar-refractivity contribution in [1.82, 2.24) is 23.8 Å². The summed E-state index contributed by atoms with van der Waals surface area (Å²) in [4.78, 5) is 6.27. The first-order valence-electron chi connectivity index (χ1n) is 8.32. The van der Waals surface area contributed by atoms with Crippen molar-refractivity contribution >= 4 is 27.7 Å². The van der Waals surface area contributed by atoms with Gasteiger partial charge in [-0.2, -0.15) is 17.0 Å². The maximum atomic E-state index is 12.2. The molecule has 0 spiro atoms. The number of piperazine rings is 1. The summed E-state index contributed by atoms with van der Waals surface area (Å²) in [6.45, 7) is 4.00. The largest absolute Gasteiger partial charge is 0.352 e. The van der Waals surface area contributed by atoms with Crippen LogP contribution in [-0.4, -0.2) is 72.5 Å². The fourth-order valence-electron chi connectivity index (χ4n) is 2.68. The van der Waals surface area contributed by atoms with E-state index in [1.54, 1.807) is 20.3 Å². The highest BCUT2D eigenvalue weighted by atomic mass is 32.2. The average Bonchev–Trinajstić information content (AvgIpc) is 2.62. The Bertz CT molecular complexity index is 847. The summed E-state index contributed by atoms with van der Waals surface area (Å²) in [5.74, 6) is 2.06. The van der Waals surface area contributed by atoms with Crippen molar-refractivity contribution in [1.29, 1.82) is 0 Å².